The summed E-state index contributed by atoms with van der Waals surface area (Å²) in [6.07, 6.45) is 4.73. The Morgan fingerprint density at radius 1 is 1.14 bits per heavy atom. The summed E-state index contributed by atoms with van der Waals surface area (Å²) >= 11 is 0. The van der Waals surface area contributed by atoms with Crippen LogP contribution in [0.25, 0.3) is 0 Å². The first kappa shape index (κ1) is 20.4. The minimum Gasteiger partial charge on any atom is -0.459 e. The van der Waals surface area contributed by atoms with E-state index >= 15 is 0 Å². The van der Waals surface area contributed by atoms with Crippen molar-refractivity contribution >= 4 is 17.8 Å². The molecule has 2 fully saturated rings. The van der Waals surface area contributed by atoms with E-state index in [1.54, 1.807) is 17.0 Å². The molecule has 1 aliphatic carbocycles. The minimum absolute atomic E-state index is 0.118. The Hall–Kier alpha value is -2.35. The molecule has 4 amide bonds. The second-order valence-electron chi connectivity index (χ2n) is 7.94. The van der Waals surface area contributed by atoms with Gasteiger partial charge in [0.15, 0.2) is 5.76 Å². The van der Waals surface area contributed by atoms with Crippen molar-refractivity contribution in [3.8, 4) is 0 Å². The van der Waals surface area contributed by atoms with Crippen LogP contribution in [0.1, 0.15) is 43.7 Å². The molecule has 0 aromatic carbocycles. The summed E-state index contributed by atoms with van der Waals surface area (Å²) in [5.41, 5.74) is 0. The highest BCUT2D eigenvalue weighted by Gasteiger charge is 2.29. The Morgan fingerprint density at radius 3 is 2.57 bits per heavy atom. The van der Waals surface area contributed by atoms with Crippen molar-refractivity contribution in [2.75, 3.05) is 32.7 Å². The number of imide groups is 1. The lowest BCUT2D eigenvalue weighted by Crippen LogP contribution is -2.53. The van der Waals surface area contributed by atoms with Gasteiger partial charge in [0.2, 0.25) is 5.91 Å². The van der Waals surface area contributed by atoms with Gasteiger partial charge in [0.05, 0.1) is 12.8 Å². The topological polar surface area (TPSA) is 94.9 Å². The molecule has 2 N–H and O–H groups in total. The van der Waals surface area contributed by atoms with Gasteiger partial charge in [-0.1, -0.05) is 26.7 Å². The van der Waals surface area contributed by atoms with E-state index in [2.05, 4.69) is 24.5 Å². The standard InChI is InChI=1S/C20H30N4O4/c1-14-5-3-6-16(15(14)2)21-20(27)22-18(25)13-23-8-10-24(11-9-23)19(26)17-7-4-12-28-17/h4,7,12,14-16H,3,5-6,8-11,13H2,1-2H3,(H2,21,22,25,27)/t14-,15-,16+/m1/s1. The van der Waals surface area contributed by atoms with E-state index in [0.717, 1.165) is 12.8 Å². The molecule has 28 heavy (non-hydrogen) atoms. The van der Waals surface area contributed by atoms with Crippen molar-refractivity contribution in [1.29, 1.82) is 0 Å². The number of carbonyl (C=O) groups is 3. The molecule has 0 unspecified atom stereocenters. The number of furan rings is 1. The van der Waals surface area contributed by atoms with E-state index < -0.39 is 6.03 Å². The molecule has 0 radical (unpaired) electrons. The number of rotatable bonds is 4. The third-order valence-electron chi connectivity index (χ3n) is 6.03. The second kappa shape index (κ2) is 9.23. The zero-order valence-electron chi connectivity index (χ0n) is 16.6. The van der Waals surface area contributed by atoms with Crippen LogP contribution in [0.3, 0.4) is 0 Å². The quantitative estimate of drug-likeness (QED) is 0.816. The van der Waals surface area contributed by atoms with Crippen LogP contribution in [0.5, 0.6) is 0 Å². The van der Waals surface area contributed by atoms with E-state index in [1.165, 1.54) is 12.7 Å². The predicted molar refractivity (Wildman–Crippen MR) is 104 cm³/mol. The molecule has 3 atom stereocenters. The SMILES string of the molecule is C[C@@H]1[C@H](C)CCC[C@@H]1NC(=O)NC(=O)CN1CCN(C(=O)c2ccco2)CC1. The van der Waals surface area contributed by atoms with E-state index in [4.69, 9.17) is 4.42 Å². The molecule has 0 bridgehead atoms. The smallest absolute Gasteiger partial charge is 0.321 e. The highest BCUT2D eigenvalue weighted by molar-refractivity contribution is 5.95. The Kier molecular flexibility index (Phi) is 6.72. The Morgan fingerprint density at radius 2 is 1.89 bits per heavy atom. The minimum atomic E-state index is -0.414. The molecule has 8 nitrogen and oxygen atoms in total. The number of hydrogen-bond donors (Lipinski definition) is 2. The third kappa shape index (κ3) is 5.13. The van der Waals surface area contributed by atoms with Gasteiger partial charge in [-0.2, -0.15) is 0 Å². The predicted octanol–water partition coefficient (Wildman–Crippen LogP) is 1.69. The highest BCUT2D eigenvalue weighted by Crippen LogP contribution is 2.29. The number of urea groups is 1. The molecule has 8 heteroatoms. The van der Waals surface area contributed by atoms with Gasteiger partial charge in [0.1, 0.15) is 0 Å². The fourth-order valence-electron chi connectivity index (χ4n) is 4.02. The number of nitrogens with one attached hydrogen (secondary N) is 2. The summed E-state index contributed by atoms with van der Waals surface area (Å²) in [7, 11) is 0. The van der Waals surface area contributed by atoms with Crippen LogP contribution in [0.4, 0.5) is 4.79 Å². The van der Waals surface area contributed by atoms with Gasteiger partial charge in [-0.25, -0.2) is 4.79 Å². The summed E-state index contributed by atoms with van der Waals surface area (Å²) in [5.74, 6) is 0.863. The van der Waals surface area contributed by atoms with Gasteiger partial charge in [-0.05, 0) is 30.4 Å². The van der Waals surface area contributed by atoms with Crippen LogP contribution in [-0.2, 0) is 4.79 Å². The van der Waals surface area contributed by atoms with Gasteiger partial charge in [0, 0.05) is 32.2 Å². The molecule has 1 aromatic heterocycles. The van der Waals surface area contributed by atoms with Crippen molar-refractivity contribution in [2.45, 2.75) is 39.2 Å². The molecule has 2 aliphatic rings. The van der Waals surface area contributed by atoms with Gasteiger partial charge >= 0.3 is 6.03 Å². The van der Waals surface area contributed by atoms with E-state index in [1.807, 2.05) is 4.90 Å². The molecule has 1 saturated heterocycles. The molecule has 0 spiro atoms. The molecule has 154 valence electrons. The lowest BCUT2D eigenvalue weighted by Gasteiger charge is -2.35. The van der Waals surface area contributed by atoms with E-state index in [-0.39, 0.29) is 24.4 Å². The number of piperazine rings is 1. The number of carbonyl (C=O) groups excluding carboxylic acids is 3. The zero-order chi connectivity index (χ0) is 20.1. The van der Waals surface area contributed by atoms with Crippen LogP contribution in [0.15, 0.2) is 22.8 Å². The van der Waals surface area contributed by atoms with E-state index in [0.29, 0.717) is 43.8 Å². The van der Waals surface area contributed by atoms with Gasteiger partial charge in [-0.3, -0.25) is 19.8 Å². The zero-order valence-corrected chi connectivity index (χ0v) is 16.6. The Bertz CT molecular complexity index is 682. The summed E-state index contributed by atoms with van der Waals surface area (Å²) in [6.45, 7) is 6.72. The maximum Gasteiger partial charge on any atom is 0.321 e. The van der Waals surface area contributed by atoms with Crippen LogP contribution in [0.2, 0.25) is 0 Å². The van der Waals surface area contributed by atoms with Gasteiger partial charge in [-0.15, -0.1) is 0 Å². The summed E-state index contributed by atoms with van der Waals surface area (Å²) < 4.78 is 5.15. The van der Waals surface area contributed by atoms with Crippen LogP contribution in [-0.4, -0.2) is 66.4 Å². The lowest BCUT2D eigenvalue weighted by molar-refractivity contribution is -0.121. The summed E-state index contributed by atoms with van der Waals surface area (Å²) in [4.78, 5) is 40.3. The molecule has 1 aliphatic heterocycles. The number of amides is 4. The van der Waals surface area contributed by atoms with Crippen molar-refractivity contribution in [2.24, 2.45) is 11.8 Å². The van der Waals surface area contributed by atoms with E-state index in [9.17, 15) is 14.4 Å². The fourth-order valence-corrected chi connectivity index (χ4v) is 4.02. The monoisotopic (exact) mass is 390 g/mol. The first-order valence-electron chi connectivity index (χ1n) is 10.1. The fraction of sp³-hybridized carbons (Fsp3) is 0.650. The summed E-state index contributed by atoms with van der Waals surface area (Å²) in [6, 6.07) is 3.04. The van der Waals surface area contributed by atoms with Gasteiger partial charge in [0.25, 0.3) is 5.91 Å². The molecular weight excluding hydrogens is 360 g/mol. The average molecular weight is 390 g/mol. The van der Waals surface area contributed by atoms with Crippen molar-refractivity contribution in [3.63, 3.8) is 0 Å². The van der Waals surface area contributed by atoms with Crippen LogP contribution >= 0.6 is 0 Å². The first-order chi connectivity index (χ1) is 13.4. The average Bonchev–Trinajstić information content (AvgIpc) is 3.20. The lowest BCUT2D eigenvalue weighted by atomic mass is 9.78. The van der Waals surface area contributed by atoms with Crippen molar-refractivity contribution in [1.82, 2.24) is 20.4 Å². The molecule has 1 aromatic rings. The molecule has 1 saturated carbocycles. The Balaban J connectivity index is 1.38. The van der Waals surface area contributed by atoms with Crippen LogP contribution in [0, 0.1) is 11.8 Å². The molecular formula is C20H30N4O4. The van der Waals surface area contributed by atoms with Crippen LogP contribution < -0.4 is 10.6 Å². The maximum atomic E-state index is 12.3. The number of hydrogen-bond acceptors (Lipinski definition) is 5. The highest BCUT2D eigenvalue weighted by atomic mass is 16.3. The van der Waals surface area contributed by atoms with Crippen molar-refractivity contribution < 1.29 is 18.8 Å². The Labute approximate surface area is 165 Å². The normalized spacial score (nSPS) is 25.9. The van der Waals surface area contributed by atoms with Crippen molar-refractivity contribution in [3.05, 3.63) is 24.2 Å². The largest absolute Gasteiger partial charge is 0.459 e. The first-order valence-corrected chi connectivity index (χ1v) is 10.1. The molecule has 2 heterocycles. The maximum absolute atomic E-state index is 12.3. The van der Waals surface area contributed by atoms with Gasteiger partial charge < -0.3 is 14.6 Å². The third-order valence-corrected chi connectivity index (χ3v) is 6.03. The summed E-state index contributed by atoms with van der Waals surface area (Å²) in [5, 5.41) is 5.39. The number of nitrogens with zero attached hydrogens (tertiary/aromatic N) is 2. The second-order valence-corrected chi connectivity index (χ2v) is 7.94. The molecule has 3 rings (SSSR count).